The summed E-state index contributed by atoms with van der Waals surface area (Å²) >= 11 is 1.68. The molecule has 2 aliphatic heterocycles. The highest BCUT2D eigenvalue weighted by molar-refractivity contribution is 7.98. The Morgan fingerprint density at radius 3 is 2.77 bits per heavy atom. The minimum Gasteiger partial charge on any atom is -0.497 e. The number of nitrogens with zero attached hydrogens (tertiary/aromatic N) is 3. The SMILES string of the molecule is COc1cccc(C2NC(=O)N(CC3CCCO3)C(C)=C2c2nc(-c3ccc(SC)cc3)no2)c1. The van der Waals surface area contributed by atoms with Gasteiger partial charge in [-0.25, -0.2) is 4.79 Å². The van der Waals surface area contributed by atoms with E-state index in [4.69, 9.17) is 19.0 Å². The Bertz CT molecular complexity index is 1230. The second-order valence-corrected chi connectivity index (χ2v) is 9.44. The first-order valence-electron chi connectivity index (χ1n) is 11.6. The lowest BCUT2D eigenvalue weighted by Gasteiger charge is -2.36. The van der Waals surface area contributed by atoms with Crippen LogP contribution in [0, 0.1) is 0 Å². The third-order valence-electron chi connectivity index (χ3n) is 6.44. The number of hydrogen-bond acceptors (Lipinski definition) is 7. The first-order valence-corrected chi connectivity index (χ1v) is 12.8. The van der Waals surface area contributed by atoms with Crippen LogP contribution in [0.25, 0.3) is 17.0 Å². The lowest BCUT2D eigenvalue weighted by atomic mass is 9.94. The summed E-state index contributed by atoms with van der Waals surface area (Å²) in [5.41, 5.74) is 3.26. The minimum atomic E-state index is -0.467. The number of rotatable bonds is 7. The maximum absolute atomic E-state index is 13.2. The highest BCUT2D eigenvalue weighted by Gasteiger charge is 2.37. The van der Waals surface area contributed by atoms with Crippen LogP contribution in [0.15, 0.2) is 63.6 Å². The fourth-order valence-corrected chi connectivity index (χ4v) is 4.94. The summed E-state index contributed by atoms with van der Waals surface area (Å²) in [6.07, 6.45) is 3.99. The number of thioether (sulfide) groups is 1. The van der Waals surface area contributed by atoms with Gasteiger partial charge < -0.3 is 19.3 Å². The Hall–Kier alpha value is -3.30. The van der Waals surface area contributed by atoms with E-state index < -0.39 is 6.04 Å². The zero-order valence-electron chi connectivity index (χ0n) is 20.0. The van der Waals surface area contributed by atoms with E-state index >= 15 is 0 Å². The van der Waals surface area contributed by atoms with Crippen molar-refractivity contribution in [1.29, 1.82) is 0 Å². The van der Waals surface area contributed by atoms with Gasteiger partial charge in [0.15, 0.2) is 0 Å². The smallest absolute Gasteiger partial charge is 0.322 e. The summed E-state index contributed by atoms with van der Waals surface area (Å²) < 4.78 is 17.0. The molecule has 3 heterocycles. The summed E-state index contributed by atoms with van der Waals surface area (Å²) in [6.45, 7) is 3.13. The molecule has 1 aromatic heterocycles. The Kier molecular flexibility index (Phi) is 6.79. The van der Waals surface area contributed by atoms with Crippen LogP contribution in [0.3, 0.4) is 0 Å². The standard InChI is InChI=1S/C26H28N4O4S/c1-16-22(25-28-24(29-34-25)17-9-11-21(35-3)12-10-17)23(18-6-4-7-19(14-18)32-2)27-26(31)30(16)15-20-8-5-13-33-20/h4,6-7,9-12,14,20,23H,5,8,13,15H2,1-3H3,(H,27,31). The highest BCUT2D eigenvalue weighted by atomic mass is 32.2. The third kappa shape index (κ3) is 4.78. The number of nitrogens with one attached hydrogen (secondary N) is 1. The van der Waals surface area contributed by atoms with Crippen molar-refractivity contribution in [3.63, 3.8) is 0 Å². The van der Waals surface area contributed by atoms with E-state index in [-0.39, 0.29) is 12.1 Å². The molecule has 2 atom stereocenters. The molecule has 5 rings (SSSR count). The van der Waals surface area contributed by atoms with E-state index in [9.17, 15) is 4.79 Å². The topological polar surface area (TPSA) is 89.7 Å². The molecule has 0 spiro atoms. The normalized spacial score (nSPS) is 20.3. The van der Waals surface area contributed by atoms with Crippen molar-refractivity contribution in [3.05, 3.63) is 65.7 Å². The number of amides is 2. The maximum atomic E-state index is 13.2. The minimum absolute atomic E-state index is 0.0125. The monoisotopic (exact) mass is 492 g/mol. The van der Waals surface area contributed by atoms with Crippen LogP contribution in [0.5, 0.6) is 5.75 Å². The average molecular weight is 493 g/mol. The molecule has 2 unspecified atom stereocenters. The molecular formula is C26H28N4O4S. The van der Waals surface area contributed by atoms with Gasteiger partial charge in [0, 0.05) is 22.8 Å². The van der Waals surface area contributed by atoms with E-state index in [0.29, 0.717) is 24.0 Å². The molecule has 0 bridgehead atoms. The fraction of sp³-hybridized carbons (Fsp3) is 0.346. The molecule has 0 saturated carbocycles. The second-order valence-electron chi connectivity index (χ2n) is 8.56. The summed E-state index contributed by atoms with van der Waals surface area (Å²) in [5.74, 6) is 1.58. The van der Waals surface area contributed by atoms with E-state index in [2.05, 4.69) is 10.5 Å². The van der Waals surface area contributed by atoms with Crippen LogP contribution in [0.4, 0.5) is 4.79 Å². The Labute approximate surface area is 208 Å². The third-order valence-corrected chi connectivity index (χ3v) is 7.18. The molecular weight excluding hydrogens is 464 g/mol. The van der Waals surface area contributed by atoms with Crippen molar-refractivity contribution < 1.29 is 18.8 Å². The molecule has 0 aliphatic carbocycles. The molecule has 35 heavy (non-hydrogen) atoms. The van der Waals surface area contributed by atoms with Gasteiger partial charge in [0.2, 0.25) is 5.82 Å². The van der Waals surface area contributed by atoms with Crippen molar-refractivity contribution in [2.24, 2.45) is 0 Å². The van der Waals surface area contributed by atoms with Crippen molar-refractivity contribution in [1.82, 2.24) is 20.4 Å². The van der Waals surface area contributed by atoms with Crippen LogP contribution >= 0.6 is 11.8 Å². The number of ether oxygens (including phenoxy) is 2. The molecule has 8 nitrogen and oxygen atoms in total. The number of carbonyl (C=O) groups excluding carboxylic acids is 1. The van der Waals surface area contributed by atoms with E-state index in [0.717, 1.165) is 46.7 Å². The molecule has 1 N–H and O–H groups in total. The van der Waals surface area contributed by atoms with Crippen molar-refractivity contribution in [3.8, 4) is 17.1 Å². The van der Waals surface area contributed by atoms with Gasteiger partial charge >= 0.3 is 6.03 Å². The van der Waals surface area contributed by atoms with Crippen LogP contribution in [0.2, 0.25) is 0 Å². The van der Waals surface area contributed by atoms with E-state index in [1.807, 2.05) is 61.7 Å². The van der Waals surface area contributed by atoms with E-state index in [1.54, 1.807) is 23.8 Å². The summed E-state index contributed by atoms with van der Waals surface area (Å²) in [4.78, 5) is 20.8. The number of carbonyl (C=O) groups is 1. The van der Waals surface area contributed by atoms with Gasteiger partial charge in [-0.1, -0.05) is 17.3 Å². The molecule has 2 aromatic carbocycles. The number of aromatic nitrogens is 2. The van der Waals surface area contributed by atoms with E-state index in [1.165, 1.54) is 0 Å². The average Bonchev–Trinajstić information content (AvgIpc) is 3.59. The Balaban J connectivity index is 1.56. The van der Waals surface area contributed by atoms with Crippen molar-refractivity contribution >= 4 is 23.4 Å². The van der Waals surface area contributed by atoms with Gasteiger partial charge in [-0.05, 0) is 68.0 Å². The second kappa shape index (κ2) is 10.1. The summed E-state index contributed by atoms with van der Waals surface area (Å²) in [5, 5.41) is 7.39. The molecule has 2 aliphatic rings. The lowest BCUT2D eigenvalue weighted by molar-refractivity contribution is 0.0877. The highest BCUT2D eigenvalue weighted by Crippen LogP contribution is 2.38. The predicted molar refractivity (Wildman–Crippen MR) is 134 cm³/mol. The molecule has 2 amide bonds. The van der Waals surface area contributed by atoms with Gasteiger partial charge in [-0.15, -0.1) is 11.8 Å². The first-order chi connectivity index (χ1) is 17.1. The molecule has 0 radical (unpaired) electrons. The van der Waals surface area contributed by atoms with Crippen LogP contribution < -0.4 is 10.1 Å². The summed E-state index contributed by atoms with van der Waals surface area (Å²) in [6, 6.07) is 15.0. The number of hydrogen-bond donors (Lipinski definition) is 1. The largest absolute Gasteiger partial charge is 0.497 e. The lowest BCUT2D eigenvalue weighted by Crippen LogP contribution is -2.48. The van der Waals surface area contributed by atoms with Gasteiger partial charge in [-0.2, -0.15) is 4.98 Å². The number of benzene rings is 2. The first kappa shape index (κ1) is 23.4. The zero-order chi connectivity index (χ0) is 24.4. The molecule has 9 heteroatoms. The van der Waals surface area contributed by atoms with Gasteiger partial charge in [0.05, 0.1) is 31.4 Å². The van der Waals surface area contributed by atoms with Gasteiger partial charge in [-0.3, -0.25) is 4.90 Å². The summed E-state index contributed by atoms with van der Waals surface area (Å²) in [7, 11) is 1.62. The molecule has 3 aromatic rings. The molecule has 1 fully saturated rings. The quantitative estimate of drug-likeness (QED) is 0.457. The van der Waals surface area contributed by atoms with Crippen molar-refractivity contribution in [2.75, 3.05) is 26.5 Å². The molecule has 1 saturated heterocycles. The van der Waals surface area contributed by atoms with Crippen LogP contribution in [-0.2, 0) is 4.74 Å². The fourth-order valence-electron chi connectivity index (χ4n) is 4.53. The van der Waals surface area contributed by atoms with Crippen LogP contribution in [0.1, 0.15) is 37.3 Å². The van der Waals surface area contributed by atoms with Gasteiger partial charge in [0.25, 0.3) is 5.89 Å². The predicted octanol–water partition coefficient (Wildman–Crippen LogP) is 5.14. The van der Waals surface area contributed by atoms with Crippen LogP contribution in [-0.4, -0.2) is 53.7 Å². The maximum Gasteiger partial charge on any atom is 0.322 e. The zero-order valence-corrected chi connectivity index (χ0v) is 20.8. The number of urea groups is 1. The molecule has 182 valence electrons. The number of methoxy groups -OCH3 is 1. The Morgan fingerprint density at radius 1 is 1.23 bits per heavy atom. The Morgan fingerprint density at radius 2 is 2.06 bits per heavy atom. The number of allylic oxidation sites excluding steroid dienone is 1. The van der Waals surface area contributed by atoms with Gasteiger partial charge in [0.1, 0.15) is 5.75 Å². The van der Waals surface area contributed by atoms with Crippen molar-refractivity contribution in [2.45, 2.75) is 36.8 Å².